The first-order chi connectivity index (χ1) is 43.8. The van der Waals surface area contributed by atoms with E-state index in [2.05, 4.69) is 31.3 Å². The van der Waals surface area contributed by atoms with Crippen molar-refractivity contribution in [2.45, 2.75) is 468 Å². The van der Waals surface area contributed by atoms with Gasteiger partial charge >= 0.3 is 0 Å². The minimum Gasteiger partial charge on any atom is -0.394 e. The lowest BCUT2D eigenvalue weighted by Gasteiger charge is -2.40. The first-order valence-corrected chi connectivity index (χ1v) is 40.1. The lowest BCUT2D eigenvalue weighted by atomic mass is 9.99. The van der Waals surface area contributed by atoms with Crippen molar-refractivity contribution in [2.24, 2.45) is 0 Å². The van der Waals surface area contributed by atoms with Crippen molar-refractivity contribution in [3.8, 4) is 0 Å². The maximum absolute atomic E-state index is 13.2. The lowest BCUT2D eigenvalue weighted by molar-refractivity contribution is -0.302. The third-order valence-corrected chi connectivity index (χ3v) is 19.5. The first-order valence-electron chi connectivity index (χ1n) is 40.1. The van der Waals surface area contributed by atoms with Crippen LogP contribution in [0.2, 0.25) is 0 Å². The molecule has 528 valence electrons. The number of allylic oxidation sites excluding steroid dienone is 3. The number of aliphatic hydroxyl groups is 5. The normalized spacial score (nSPS) is 17.9. The van der Waals surface area contributed by atoms with Crippen LogP contribution < -0.4 is 5.32 Å². The number of ether oxygens (including phenoxy) is 2. The SMILES string of the molecule is CCCCCCCCCC/C=C\CCCCCCCCCCCCCCCCCCCCCCCCCCCCCCCC(=O)NC(COC1OC(CO)C(O)C(O)C1O)C(O)/C=C/CCCCCCCCCCCCCCCCCCCCCCCCC. The van der Waals surface area contributed by atoms with Crippen LogP contribution in [0.25, 0.3) is 0 Å². The molecule has 1 heterocycles. The zero-order valence-electron chi connectivity index (χ0n) is 59.5. The summed E-state index contributed by atoms with van der Waals surface area (Å²) in [6.45, 7) is 3.85. The van der Waals surface area contributed by atoms with Crippen LogP contribution in [0.4, 0.5) is 0 Å². The van der Waals surface area contributed by atoms with Gasteiger partial charge in [0.05, 0.1) is 25.4 Å². The standard InChI is InChI=1S/C80H155NO8/c1-3-5-7-9-11-13-15-17-19-21-23-25-27-29-30-31-32-33-34-35-36-37-38-39-40-41-42-43-44-46-48-50-52-54-56-58-60-62-64-66-68-70-76(84)81-73(72-88-80-79(87)78(86)77(85)75(71-82)89-80)74(83)69-67-65-63-61-59-57-55-53-51-49-47-45-28-26-24-22-20-18-16-14-12-10-8-6-4-2/h21,23,67,69,73-75,77-80,82-83,85-87H,3-20,22,24-66,68,70-72H2,1-2H3,(H,81,84)/b23-21-,69-67+. The average molecular weight is 1260 g/mol. The molecule has 0 aliphatic carbocycles. The quantitative estimate of drug-likeness (QED) is 0.0261. The number of hydrogen-bond donors (Lipinski definition) is 6. The molecule has 1 aliphatic rings. The zero-order valence-corrected chi connectivity index (χ0v) is 59.5. The van der Waals surface area contributed by atoms with E-state index in [1.807, 2.05) is 6.08 Å². The van der Waals surface area contributed by atoms with Gasteiger partial charge < -0.3 is 40.3 Å². The van der Waals surface area contributed by atoms with Crippen molar-refractivity contribution in [1.29, 1.82) is 0 Å². The summed E-state index contributed by atoms with van der Waals surface area (Å²) in [7, 11) is 0. The Morgan fingerprint density at radius 3 is 0.910 bits per heavy atom. The molecule has 0 saturated carbocycles. The molecule has 7 unspecified atom stereocenters. The van der Waals surface area contributed by atoms with E-state index in [4.69, 9.17) is 9.47 Å². The predicted octanol–water partition coefficient (Wildman–Crippen LogP) is 22.8. The van der Waals surface area contributed by atoms with Crippen LogP contribution >= 0.6 is 0 Å². The summed E-state index contributed by atoms with van der Waals surface area (Å²) in [4.78, 5) is 13.2. The van der Waals surface area contributed by atoms with E-state index in [9.17, 15) is 30.3 Å². The predicted molar refractivity (Wildman–Crippen MR) is 383 cm³/mol. The summed E-state index contributed by atoms with van der Waals surface area (Å²) in [5, 5.41) is 54.9. The summed E-state index contributed by atoms with van der Waals surface area (Å²) >= 11 is 0. The van der Waals surface area contributed by atoms with E-state index >= 15 is 0 Å². The minimum atomic E-state index is -1.57. The van der Waals surface area contributed by atoms with Gasteiger partial charge in [0.2, 0.25) is 5.91 Å². The Hall–Kier alpha value is -1.33. The molecule has 89 heavy (non-hydrogen) atoms. The maximum atomic E-state index is 13.2. The van der Waals surface area contributed by atoms with Gasteiger partial charge in [-0.2, -0.15) is 0 Å². The van der Waals surface area contributed by atoms with Gasteiger partial charge in [-0.3, -0.25) is 4.79 Å². The van der Waals surface area contributed by atoms with Gasteiger partial charge in [0.1, 0.15) is 24.4 Å². The molecule has 0 aromatic heterocycles. The second kappa shape index (κ2) is 69.5. The largest absolute Gasteiger partial charge is 0.394 e. The second-order valence-corrected chi connectivity index (χ2v) is 28.2. The fourth-order valence-electron chi connectivity index (χ4n) is 13.3. The van der Waals surface area contributed by atoms with E-state index in [0.29, 0.717) is 6.42 Å². The third-order valence-electron chi connectivity index (χ3n) is 19.5. The minimum absolute atomic E-state index is 0.166. The molecule has 0 radical (unpaired) electrons. The van der Waals surface area contributed by atoms with Crippen LogP contribution in [0.15, 0.2) is 24.3 Å². The maximum Gasteiger partial charge on any atom is 0.220 e. The van der Waals surface area contributed by atoms with Gasteiger partial charge in [0, 0.05) is 6.42 Å². The van der Waals surface area contributed by atoms with Crippen molar-refractivity contribution < 1.29 is 39.8 Å². The van der Waals surface area contributed by atoms with Crippen molar-refractivity contribution in [3.63, 3.8) is 0 Å². The first kappa shape index (κ1) is 85.7. The van der Waals surface area contributed by atoms with Crippen molar-refractivity contribution in [1.82, 2.24) is 5.32 Å². The summed E-state index contributed by atoms with van der Waals surface area (Å²) in [6, 6.07) is -0.804. The highest BCUT2D eigenvalue weighted by molar-refractivity contribution is 5.76. The van der Waals surface area contributed by atoms with Gasteiger partial charge in [-0.1, -0.05) is 398 Å². The zero-order chi connectivity index (χ0) is 64.2. The molecule has 0 aromatic carbocycles. The fourth-order valence-corrected chi connectivity index (χ4v) is 13.3. The van der Waals surface area contributed by atoms with Gasteiger partial charge in [-0.15, -0.1) is 0 Å². The van der Waals surface area contributed by atoms with Gasteiger partial charge in [0.15, 0.2) is 6.29 Å². The molecular formula is C80H155NO8. The molecule has 1 fully saturated rings. The smallest absolute Gasteiger partial charge is 0.220 e. The number of carbonyl (C=O) groups is 1. The van der Waals surface area contributed by atoms with Gasteiger partial charge in [-0.05, 0) is 44.9 Å². The highest BCUT2D eigenvalue weighted by atomic mass is 16.7. The Morgan fingerprint density at radius 2 is 0.629 bits per heavy atom. The summed E-state index contributed by atoms with van der Waals surface area (Å²) in [6.07, 6.45) is 86.2. The molecule has 0 aromatic rings. The van der Waals surface area contributed by atoms with Gasteiger partial charge in [0.25, 0.3) is 0 Å². The van der Waals surface area contributed by atoms with E-state index in [1.54, 1.807) is 6.08 Å². The summed E-state index contributed by atoms with van der Waals surface area (Å²) < 4.78 is 11.3. The lowest BCUT2D eigenvalue weighted by Crippen LogP contribution is -2.60. The van der Waals surface area contributed by atoms with E-state index < -0.39 is 49.5 Å². The van der Waals surface area contributed by atoms with Crippen LogP contribution in [0.1, 0.15) is 425 Å². The molecule has 1 amide bonds. The molecule has 0 bridgehead atoms. The van der Waals surface area contributed by atoms with Crippen LogP contribution in [-0.4, -0.2) is 87.5 Å². The van der Waals surface area contributed by atoms with E-state index in [0.717, 1.165) is 38.5 Å². The second-order valence-electron chi connectivity index (χ2n) is 28.2. The van der Waals surface area contributed by atoms with Crippen LogP contribution in [0, 0.1) is 0 Å². The number of hydrogen-bond acceptors (Lipinski definition) is 8. The summed E-state index contributed by atoms with van der Waals surface area (Å²) in [5.41, 5.74) is 0. The highest BCUT2D eigenvalue weighted by Gasteiger charge is 2.44. The highest BCUT2D eigenvalue weighted by Crippen LogP contribution is 2.24. The Labute approximate surface area is 553 Å². The van der Waals surface area contributed by atoms with Gasteiger partial charge in [-0.25, -0.2) is 0 Å². The number of amides is 1. The van der Waals surface area contributed by atoms with Crippen molar-refractivity contribution >= 4 is 5.91 Å². The molecule has 1 rings (SSSR count). The van der Waals surface area contributed by atoms with Crippen LogP contribution in [-0.2, 0) is 14.3 Å². The molecule has 6 N–H and O–H groups in total. The van der Waals surface area contributed by atoms with Crippen molar-refractivity contribution in [2.75, 3.05) is 13.2 Å². The third kappa shape index (κ3) is 57.8. The Kier molecular flexibility index (Phi) is 66.9. The Morgan fingerprint density at radius 1 is 0.371 bits per heavy atom. The molecule has 9 nitrogen and oxygen atoms in total. The number of rotatable bonds is 72. The number of aliphatic hydroxyl groups excluding tert-OH is 5. The van der Waals surface area contributed by atoms with E-state index in [-0.39, 0.29) is 12.5 Å². The number of unbranched alkanes of at least 4 members (excludes halogenated alkanes) is 60. The number of nitrogens with one attached hydrogen (secondary N) is 1. The fraction of sp³-hybridized carbons (Fsp3) is 0.938. The average Bonchev–Trinajstić information content (AvgIpc) is 2.59. The molecule has 1 saturated heterocycles. The Bertz CT molecular complexity index is 1460. The molecule has 0 spiro atoms. The topological polar surface area (TPSA) is 149 Å². The molecule has 1 aliphatic heterocycles. The molecule has 9 heteroatoms. The van der Waals surface area contributed by atoms with E-state index in [1.165, 1.54) is 366 Å². The molecular weight excluding hydrogens is 1100 g/mol. The van der Waals surface area contributed by atoms with Crippen LogP contribution in [0.3, 0.4) is 0 Å². The number of carbonyl (C=O) groups excluding carboxylic acids is 1. The van der Waals surface area contributed by atoms with Crippen molar-refractivity contribution in [3.05, 3.63) is 24.3 Å². The van der Waals surface area contributed by atoms with Crippen LogP contribution in [0.5, 0.6) is 0 Å². The molecule has 7 atom stereocenters. The summed E-state index contributed by atoms with van der Waals surface area (Å²) in [5.74, 6) is -0.166. The monoisotopic (exact) mass is 1260 g/mol. The Balaban J connectivity index is 2.03.